The van der Waals surface area contributed by atoms with Crippen molar-refractivity contribution >= 4 is 23.1 Å². The lowest BCUT2D eigenvalue weighted by Crippen LogP contribution is -2.30. The Morgan fingerprint density at radius 1 is 0.949 bits per heavy atom. The van der Waals surface area contributed by atoms with E-state index in [1.165, 1.54) is 26.2 Å². The van der Waals surface area contributed by atoms with Crippen molar-refractivity contribution in [2.45, 2.75) is 132 Å². The van der Waals surface area contributed by atoms with Gasteiger partial charge in [-0.25, -0.2) is 0 Å². The third-order valence-corrected chi connectivity index (χ3v) is 8.82. The maximum atomic E-state index is 13.5. The molecule has 3 rings (SSSR count). The standard InChI is InChI=1S/C32H46O4.C3H8/c1-6-8-25(26(7-2)29(34)15-22(5)33)16-24-17-28-27(14-11-21(4)32(28)31(36)19-24)30(35)18-23-12-9-20(3)10-13-23;1-3-2/h11,14,20,23-26H,6-10,12-13,15-19H2,1-5H3;3H2,1-2H3. The Labute approximate surface area is 238 Å². The molecule has 3 atom stereocenters. The highest BCUT2D eigenvalue weighted by Crippen LogP contribution is 2.38. The molecule has 0 saturated heterocycles. The predicted molar refractivity (Wildman–Crippen MR) is 160 cm³/mol. The molecular formula is C35H54O4. The van der Waals surface area contributed by atoms with Gasteiger partial charge in [0.05, 0.1) is 6.42 Å². The van der Waals surface area contributed by atoms with E-state index in [1.54, 1.807) is 0 Å². The van der Waals surface area contributed by atoms with Crippen molar-refractivity contribution in [2.75, 3.05) is 0 Å². The van der Waals surface area contributed by atoms with Gasteiger partial charge in [0.15, 0.2) is 11.6 Å². The lowest BCUT2D eigenvalue weighted by atomic mass is 9.71. The summed E-state index contributed by atoms with van der Waals surface area (Å²) in [5, 5.41) is 0. The van der Waals surface area contributed by atoms with E-state index in [0.29, 0.717) is 18.8 Å². The second-order valence-electron chi connectivity index (χ2n) is 12.6. The van der Waals surface area contributed by atoms with Gasteiger partial charge in [-0.15, -0.1) is 0 Å². The van der Waals surface area contributed by atoms with Gasteiger partial charge in [-0.2, -0.15) is 0 Å². The lowest BCUT2D eigenvalue weighted by Gasteiger charge is -2.32. The molecule has 0 amide bonds. The maximum Gasteiger partial charge on any atom is 0.163 e. The molecule has 1 aromatic rings. The second kappa shape index (κ2) is 16.2. The Morgan fingerprint density at radius 2 is 1.59 bits per heavy atom. The second-order valence-corrected chi connectivity index (χ2v) is 12.6. The summed E-state index contributed by atoms with van der Waals surface area (Å²) >= 11 is 0. The zero-order valence-corrected chi connectivity index (χ0v) is 25.9. The molecule has 39 heavy (non-hydrogen) atoms. The average molecular weight is 539 g/mol. The van der Waals surface area contributed by atoms with Gasteiger partial charge < -0.3 is 0 Å². The fraction of sp³-hybridized carbons (Fsp3) is 0.714. The summed E-state index contributed by atoms with van der Waals surface area (Å²) in [4.78, 5) is 51.3. The van der Waals surface area contributed by atoms with E-state index in [-0.39, 0.29) is 47.3 Å². The van der Waals surface area contributed by atoms with Crippen LogP contribution < -0.4 is 0 Å². The van der Waals surface area contributed by atoms with Crippen LogP contribution in [0.15, 0.2) is 12.1 Å². The lowest BCUT2D eigenvalue weighted by molar-refractivity contribution is -0.129. The largest absolute Gasteiger partial charge is 0.300 e. The molecule has 0 spiro atoms. The average Bonchev–Trinajstić information content (AvgIpc) is 2.86. The number of ketones is 4. The van der Waals surface area contributed by atoms with Crippen LogP contribution in [-0.4, -0.2) is 23.1 Å². The highest BCUT2D eigenvalue weighted by atomic mass is 16.1. The molecule has 0 bridgehead atoms. The molecule has 2 aliphatic carbocycles. The van der Waals surface area contributed by atoms with Gasteiger partial charge in [-0.05, 0) is 80.8 Å². The van der Waals surface area contributed by atoms with Crippen LogP contribution in [0, 0.1) is 36.5 Å². The third kappa shape index (κ3) is 9.50. The monoisotopic (exact) mass is 538 g/mol. The highest BCUT2D eigenvalue weighted by Gasteiger charge is 2.35. The van der Waals surface area contributed by atoms with Crippen LogP contribution in [0.1, 0.15) is 150 Å². The number of carbonyl (C=O) groups is 4. The molecular weight excluding hydrogens is 484 g/mol. The maximum absolute atomic E-state index is 13.5. The van der Waals surface area contributed by atoms with Gasteiger partial charge in [0.2, 0.25) is 0 Å². The SMILES string of the molecule is CCC.CCCC(CC1CC(=O)c2c(C)ccc(C(=O)CC3CCC(C)CC3)c2C1)C(CC)C(=O)CC(C)=O. The van der Waals surface area contributed by atoms with Crippen molar-refractivity contribution in [3.8, 4) is 0 Å². The number of rotatable bonds is 12. The molecule has 4 heteroatoms. The van der Waals surface area contributed by atoms with Crippen molar-refractivity contribution in [1.82, 2.24) is 0 Å². The Bertz CT molecular complexity index is 983. The predicted octanol–water partition coefficient (Wildman–Crippen LogP) is 8.94. The molecule has 4 nitrogen and oxygen atoms in total. The van der Waals surface area contributed by atoms with E-state index >= 15 is 0 Å². The van der Waals surface area contributed by atoms with Crippen molar-refractivity contribution < 1.29 is 19.2 Å². The molecule has 1 aromatic carbocycles. The van der Waals surface area contributed by atoms with Crippen molar-refractivity contribution in [3.05, 3.63) is 34.4 Å². The van der Waals surface area contributed by atoms with Crippen molar-refractivity contribution in [2.24, 2.45) is 29.6 Å². The Kier molecular flexibility index (Phi) is 13.8. The minimum absolute atomic E-state index is 0.00292. The van der Waals surface area contributed by atoms with E-state index in [0.717, 1.165) is 73.1 Å². The summed E-state index contributed by atoms with van der Waals surface area (Å²) in [5.41, 5.74) is 3.42. The summed E-state index contributed by atoms with van der Waals surface area (Å²) in [6.45, 7) is 14.1. The van der Waals surface area contributed by atoms with Gasteiger partial charge in [0.1, 0.15) is 11.6 Å². The molecule has 3 unspecified atom stereocenters. The Morgan fingerprint density at radius 3 is 2.15 bits per heavy atom. The van der Waals surface area contributed by atoms with Crippen LogP contribution in [0.2, 0.25) is 0 Å². The third-order valence-electron chi connectivity index (χ3n) is 8.82. The molecule has 1 saturated carbocycles. The number of Topliss-reactive ketones (excluding diaryl/α,β-unsaturated/α-hetero) is 4. The first-order chi connectivity index (χ1) is 18.6. The molecule has 2 aliphatic rings. The number of hydrogen-bond acceptors (Lipinski definition) is 4. The topological polar surface area (TPSA) is 68.3 Å². The first kappa shape index (κ1) is 33.1. The van der Waals surface area contributed by atoms with Crippen LogP contribution in [0.25, 0.3) is 0 Å². The molecule has 0 aromatic heterocycles. The number of fused-ring (bicyclic) bond motifs is 1. The fourth-order valence-corrected chi connectivity index (χ4v) is 6.91. The number of aryl methyl sites for hydroxylation is 1. The zero-order valence-electron chi connectivity index (χ0n) is 25.9. The van der Waals surface area contributed by atoms with Gasteiger partial charge in [-0.3, -0.25) is 19.2 Å². The van der Waals surface area contributed by atoms with Crippen molar-refractivity contribution in [1.29, 1.82) is 0 Å². The van der Waals surface area contributed by atoms with Gasteiger partial charge in [0.25, 0.3) is 0 Å². The van der Waals surface area contributed by atoms with Gasteiger partial charge in [0, 0.05) is 29.9 Å². The summed E-state index contributed by atoms with van der Waals surface area (Å²) in [6.07, 6.45) is 11.1. The molecule has 0 heterocycles. The van der Waals surface area contributed by atoms with E-state index in [1.807, 2.05) is 26.0 Å². The van der Waals surface area contributed by atoms with Crippen LogP contribution in [0.3, 0.4) is 0 Å². The summed E-state index contributed by atoms with van der Waals surface area (Å²) in [6, 6.07) is 3.90. The number of hydrogen-bond donors (Lipinski definition) is 0. The zero-order chi connectivity index (χ0) is 29.1. The summed E-state index contributed by atoms with van der Waals surface area (Å²) in [5.74, 6) is 1.65. The molecule has 0 radical (unpaired) electrons. The minimum atomic E-state index is -0.141. The first-order valence-electron chi connectivity index (χ1n) is 15.8. The Hall–Kier alpha value is -2.10. The van der Waals surface area contributed by atoms with Crippen LogP contribution in [0.5, 0.6) is 0 Å². The highest BCUT2D eigenvalue weighted by molar-refractivity contribution is 6.05. The van der Waals surface area contributed by atoms with Crippen molar-refractivity contribution in [3.63, 3.8) is 0 Å². The van der Waals surface area contributed by atoms with E-state index in [4.69, 9.17) is 0 Å². The summed E-state index contributed by atoms with van der Waals surface area (Å²) < 4.78 is 0. The van der Waals surface area contributed by atoms with Gasteiger partial charge in [-0.1, -0.05) is 78.9 Å². The fourth-order valence-electron chi connectivity index (χ4n) is 6.91. The quantitative estimate of drug-likeness (QED) is 0.197. The Balaban J connectivity index is 0.00000170. The smallest absolute Gasteiger partial charge is 0.163 e. The van der Waals surface area contributed by atoms with Gasteiger partial charge >= 0.3 is 0 Å². The van der Waals surface area contributed by atoms with E-state index < -0.39 is 0 Å². The number of carbonyl (C=O) groups excluding carboxylic acids is 4. The minimum Gasteiger partial charge on any atom is -0.300 e. The summed E-state index contributed by atoms with van der Waals surface area (Å²) in [7, 11) is 0. The molecule has 1 fully saturated rings. The normalized spacial score (nSPS) is 22.2. The van der Waals surface area contributed by atoms with E-state index in [2.05, 4.69) is 27.7 Å². The number of benzene rings is 1. The molecule has 218 valence electrons. The van der Waals surface area contributed by atoms with Crippen LogP contribution >= 0.6 is 0 Å². The first-order valence-corrected chi connectivity index (χ1v) is 15.8. The molecule has 0 aliphatic heterocycles. The molecule has 0 N–H and O–H groups in total. The van der Waals surface area contributed by atoms with E-state index in [9.17, 15) is 19.2 Å². The van der Waals surface area contributed by atoms with Crippen LogP contribution in [-0.2, 0) is 16.0 Å². The van der Waals surface area contributed by atoms with Crippen LogP contribution in [0.4, 0.5) is 0 Å².